The van der Waals surface area contributed by atoms with Gasteiger partial charge in [-0.2, -0.15) is 8.42 Å². The van der Waals surface area contributed by atoms with Crippen molar-refractivity contribution in [3.8, 4) is 23.0 Å². The van der Waals surface area contributed by atoms with E-state index in [2.05, 4.69) is 4.98 Å². The van der Waals surface area contributed by atoms with Crippen molar-refractivity contribution >= 4 is 33.2 Å². The minimum Gasteiger partial charge on any atom is -0.496 e. The minimum absolute atomic E-state index is 0.0786. The van der Waals surface area contributed by atoms with Gasteiger partial charge < -0.3 is 18.4 Å². The van der Waals surface area contributed by atoms with Gasteiger partial charge in [-0.25, -0.2) is 0 Å². The highest BCUT2D eigenvalue weighted by Crippen LogP contribution is 2.36. The molecule has 0 amide bonds. The van der Waals surface area contributed by atoms with Crippen molar-refractivity contribution in [1.82, 2.24) is 4.98 Å². The average Bonchev–Trinajstić information content (AvgIpc) is 2.87. The van der Waals surface area contributed by atoms with E-state index in [0.29, 0.717) is 22.8 Å². The van der Waals surface area contributed by atoms with Crippen molar-refractivity contribution in [3.63, 3.8) is 0 Å². The van der Waals surface area contributed by atoms with Crippen LogP contribution in [0.3, 0.4) is 0 Å². The Bertz CT molecular complexity index is 1470. The molecule has 0 radical (unpaired) electrons. The molecule has 1 heterocycles. The molecule has 3 aromatic carbocycles. The lowest BCUT2D eigenvalue weighted by Crippen LogP contribution is -2.10. The summed E-state index contributed by atoms with van der Waals surface area (Å²) >= 11 is 0. The third-order valence-electron chi connectivity index (χ3n) is 5.46. The molecule has 0 aliphatic carbocycles. The molecule has 7 nitrogen and oxygen atoms in total. The fourth-order valence-corrected chi connectivity index (χ4v) is 4.56. The van der Waals surface area contributed by atoms with Crippen molar-refractivity contribution in [1.29, 1.82) is 0 Å². The third-order valence-corrected chi connectivity index (χ3v) is 6.71. The van der Waals surface area contributed by atoms with Gasteiger partial charge in [-0.15, -0.1) is 0 Å². The quantitative estimate of drug-likeness (QED) is 0.301. The first-order chi connectivity index (χ1) is 16.9. The lowest BCUT2D eigenvalue weighted by Gasteiger charge is -2.13. The van der Waals surface area contributed by atoms with Crippen LogP contribution < -0.4 is 18.4 Å². The number of hydrogen-bond acceptors (Lipinski definition) is 7. The number of pyridine rings is 1. The van der Waals surface area contributed by atoms with Gasteiger partial charge in [0.05, 0.1) is 26.9 Å². The van der Waals surface area contributed by atoms with E-state index in [9.17, 15) is 8.42 Å². The summed E-state index contributed by atoms with van der Waals surface area (Å²) in [6, 6.07) is 17.0. The monoisotopic (exact) mass is 491 g/mol. The number of methoxy groups -OCH3 is 3. The topological polar surface area (TPSA) is 84.0 Å². The molecule has 0 saturated carbocycles. The van der Waals surface area contributed by atoms with Gasteiger partial charge in [0.15, 0.2) is 5.75 Å². The second kappa shape index (κ2) is 10.1. The number of aryl methyl sites for hydroxylation is 1. The number of fused-ring (bicyclic) bond motifs is 1. The molecule has 0 bridgehead atoms. The van der Waals surface area contributed by atoms with Gasteiger partial charge in [0.2, 0.25) is 0 Å². The fraction of sp³-hybridized carbons (Fsp3) is 0.148. The first-order valence-electron chi connectivity index (χ1n) is 10.7. The van der Waals surface area contributed by atoms with E-state index in [1.807, 2.05) is 31.2 Å². The predicted octanol–water partition coefficient (Wildman–Crippen LogP) is 5.51. The van der Waals surface area contributed by atoms with Crippen LogP contribution in [-0.2, 0) is 10.1 Å². The Balaban J connectivity index is 1.74. The van der Waals surface area contributed by atoms with Gasteiger partial charge in [0.25, 0.3) is 0 Å². The molecule has 4 aromatic rings. The standard InChI is InChI=1S/C27H25NO6S/c1-18-8-11-21(12-9-18)35(29,30)34-24-7-5-6-22-19(14-15-28-27(22)24)10-13-23-25(32-3)16-20(31-2)17-26(23)33-4/h5-17H,1-4H3/b13-10+. The second-order valence-electron chi connectivity index (χ2n) is 7.68. The molecular formula is C27H25NO6S. The number of ether oxygens (including phenoxy) is 3. The lowest BCUT2D eigenvalue weighted by atomic mass is 10.1. The molecule has 35 heavy (non-hydrogen) atoms. The Morgan fingerprint density at radius 3 is 2.11 bits per heavy atom. The molecule has 180 valence electrons. The van der Waals surface area contributed by atoms with E-state index in [0.717, 1.165) is 22.1 Å². The average molecular weight is 492 g/mol. The number of aromatic nitrogens is 1. The number of nitrogens with zero attached hydrogens (tertiary/aromatic N) is 1. The normalized spacial score (nSPS) is 11.5. The highest BCUT2D eigenvalue weighted by atomic mass is 32.2. The van der Waals surface area contributed by atoms with Crippen LogP contribution in [0.25, 0.3) is 23.1 Å². The zero-order chi connectivity index (χ0) is 25.0. The van der Waals surface area contributed by atoms with Gasteiger partial charge in [-0.3, -0.25) is 4.98 Å². The highest BCUT2D eigenvalue weighted by Gasteiger charge is 2.19. The lowest BCUT2D eigenvalue weighted by molar-refractivity contribution is 0.374. The molecule has 4 rings (SSSR count). The van der Waals surface area contributed by atoms with Gasteiger partial charge in [0.1, 0.15) is 27.7 Å². The molecule has 1 aromatic heterocycles. The summed E-state index contributed by atoms with van der Waals surface area (Å²) in [5.74, 6) is 1.94. The van der Waals surface area contributed by atoms with Crippen LogP contribution in [0, 0.1) is 6.92 Å². The molecule has 0 saturated heterocycles. The summed E-state index contributed by atoms with van der Waals surface area (Å²) in [4.78, 5) is 4.47. The molecule has 0 aliphatic rings. The molecule has 8 heteroatoms. The Labute approximate surface area is 204 Å². The zero-order valence-corrected chi connectivity index (χ0v) is 20.6. The Kier molecular flexibility index (Phi) is 6.93. The number of benzene rings is 3. The maximum atomic E-state index is 12.8. The van der Waals surface area contributed by atoms with Crippen LogP contribution in [0.4, 0.5) is 0 Å². The number of rotatable bonds is 8. The molecule has 0 fully saturated rings. The molecule has 0 spiro atoms. The molecule has 0 unspecified atom stereocenters. The summed E-state index contributed by atoms with van der Waals surface area (Å²) in [7, 11) is 0.707. The summed E-state index contributed by atoms with van der Waals surface area (Å²) in [6.45, 7) is 1.89. The van der Waals surface area contributed by atoms with Gasteiger partial charge in [-0.1, -0.05) is 35.9 Å². The highest BCUT2D eigenvalue weighted by molar-refractivity contribution is 7.87. The predicted molar refractivity (Wildman–Crippen MR) is 136 cm³/mol. The largest absolute Gasteiger partial charge is 0.496 e. The minimum atomic E-state index is -4.02. The van der Waals surface area contributed by atoms with Gasteiger partial charge >= 0.3 is 10.1 Å². The van der Waals surface area contributed by atoms with Crippen LogP contribution in [0.5, 0.6) is 23.0 Å². The van der Waals surface area contributed by atoms with Crippen molar-refractivity contribution in [3.05, 3.63) is 83.6 Å². The summed E-state index contributed by atoms with van der Waals surface area (Å²) < 4.78 is 47.5. The second-order valence-corrected chi connectivity index (χ2v) is 9.23. The van der Waals surface area contributed by atoms with Crippen LogP contribution >= 0.6 is 0 Å². The molecule has 0 aliphatic heterocycles. The maximum Gasteiger partial charge on any atom is 0.339 e. The van der Waals surface area contributed by atoms with Crippen molar-refractivity contribution in [2.24, 2.45) is 0 Å². The molecular weight excluding hydrogens is 466 g/mol. The van der Waals surface area contributed by atoms with Crippen molar-refractivity contribution in [2.45, 2.75) is 11.8 Å². The van der Waals surface area contributed by atoms with E-state index in [1.165, 1.54) is 12.1 Å². The van der Waals surface area contributed by atoms with Gasteiger partial charge in [0, 0.05) is 23.7 Å². The van der Waals surface area contributed by atoms with Gasteiger partial charge in [-0.05, 0) is 42.8 Å². The summed E-state index contributed by atoms with van der Waals surface area (Å²) in [6.07, 6.45) is 5.35. The van der Waals surface area contributed by atoms with E-state index in [1.54, 1.807) is 63.9 Å². The van der Waals surface area contributed by atoms with Crippen molar-refractivity contribution < 1.29 is 26.8 Å². The van der Waals surface area contributed by atoms with Crippen LogP contribution in [0.15, 0.2) is 71.8 Å². The number of hydrogen-bond donors (Lipinski definition) is 0. The van der Waals surface area contributed by atoms with Crippen LogP contribution in [0.1, 0.15) is 16.7 Å². The number of para-hydroxylation sites is 1. The Morgan fingerprint density at radius 2 is 1.49 bits per heavy atom. The molecule has 0 N–H and O–H groups in total. The Hall–Kier alpha value is -4.04. The Morgan fingerprint density at radius 1 is 0.800 bits per heavy atom. The van der Waals surface area contributed by atoms with Crippen LogP contribution in [-0.4, -0.2) is 34.7 Å². The van der Waals surface area contributed by atoms with Crippen LogP contribution in [0.2, 0.25) is 0 Å². The molecule has 0 atom stereocenters. The van der Waals surface area contributed by atoms with Crippen molar-refractivity contribution in [2.75, 3.05) is 21.3 Å². The maximum absolute atomic E-state index is 12.8. The smallest absolute Gasteiger partial charge is 0.339 e. The first-order valence-corrected chi connectivity index (χ1v) is 12.1. The third kappa shape index (κ3) is 5.07. The fourth-order valence-electron chi connectivity index (χ4n) is 3.62. The summed E-state index contributed by atoms with van der Waals surface area (Å²) in [5.41, 5.74) is 2.93. The van der Waals surface area contributed by atoms with E-state index in [-0.39, 0.29) is 10.6 Å². The SMILES string of the molecule is COc1cc(OC)c(/C=C/c2ccnc3c(OS(=O)(=O)c4ccc(C)cc4)cccc23)c(OC)c1. The van der Waals surface area contributed by atoms with E-state index >= 15 is 0 Å². The van der Waals surface area contributed by atoms with E-state index < -0.39 is 10.1 Å². The van der Waals surface area contributed by atoms with E-state index in [4.69, 9.17) is 18.4 Å². The first kappa shape index (κ1) is 24.1. The zero-order valence-electron chi connectivity index (χ0n) is 19.8. The summed E-state index contributed by atoms with van der Waals surface area (Å²) in [5, 5.41) is 0.729.